The number of rotatable bonds is 5. The highest BCUT2D eigenvalue weighted by molar-refractivity contribution is 6.76. The molecule has 2 amide bonds. The molecule has 16 heavy (non-hydrogen) atoms. The van der Waals surface area contributed by atoms with Crippen LogP contribution in [0.25, 0.3) is 0 Å². The molecule has 0 fully saturated rings. The van der Waals surface area contributed by atoms with Gasteiger partial charge in [-0.15, -0.1) is 0 Å². The maximum absolute atomic E-state index is 11.5. The molecule has 0 aromatic heterocycles. The minimum absolute atomic E-state index is 0.00936. The normalized spacial score (nSPS) is 12.1. The van der Waals surface area contributed by atoms with Crippen molar-refractivity contribution in [3.63, 3.8) is 0 Å². The average molecular weight is 260 g/mol. The third-order valence-electron chi connectivity index (χ3n) is 1.61. The Balaban J connectivity index is 3.90. The van der Waals surface area contributed by atoms with Crippen LogP contribution in [0.5, 0.6) is 0 Å². The molecule has 94 valence electrons. The van der Waals surface area contributed by atoms with Crippen molar-refractivity contribution in [2.24, 2.45) is 0 Å². The maximum atomic E-state index is 11.5. The van der Waals surface area contributed by atoms with Crippen LogP contribution in [0.15, 0.2) is 0 Å². The Morgan fingerprint density at radius 1 is 0.750 bits per heavy atom. The average Bonchev–Trinajstić information content (AvgIpc) is 1.94. The van der Waals surface area contributed by atoms with E-state index in [9.17, 15) is 9.59 Å². The molecule has 0 aromatic carbocycles. The van der Waals surface area contributed by atoms with Gasteiger partial charge >= 0.3 is 0 Å². The van der Waals surface area contributed by atoms with Gasteiger partial charge < -0.3 is 9.96 Å². The monoisotopic (exact) mass is 260 g/mol. The molecule has 0 saturated heterocycles. The lowest BCUT2D eigenvalue weighted by Crippen LogP contribution is -2.47. The van der Waals surface area contributed by atoms with Crippen molar-refractivity contribution in [3.05, 3.63) is 0 Å². The van der Waals surface area contributed by atoms with Crippen molar-refractivity contribution in [2.75, 3.05) is 0 Å². The van der Waals surface area contributed by atoms with Crippen molar-refractivity contribution in [3.8, 4) is 0 Å². The molecule has 0 rings (SSSR count). The zero-order chi connectivity index (χ0) is 13.0. The maximum Gasteiger partial charge on any atom is 0.212 e. The number of carbonyl (C=O) groups is 2. The standard InChI is InChI=1S/C10H24N2O2Si2/c1-15(2,3)11-9(13)7-8-10(14)12-16(4,5)6/h7-8H2,1-6H3,(H,11,13)(H,12,14). The van der Waals surface area contributed by atoms with E-state index in [2.05, 4.69) is 49.2 Å². The van der Waals surface area contributed by atoms with Gasteiger partial charge in [-0.2, -0.15) is 0 Å². The van der Waals surface area contributed by atoms with Crippen molar-refractivity contribution in [1.29, 1.82) is 0 Å². The Bertz CT molecular complexity index is 239. The Hall–Kier alpha value is -0.626. The van der Waals surface area contributed by atoms with E-state index < -0.39 is 16.5 Å². The van der Waals surface area contributed by atoms with Gasteiger partial charge in [-0.3, -0.25) is 9.59 Å². The number of amides is 2. The predicted molar refractivity (Wildman–Crippen MR) is 72.2 cm³/mol. The fraction of sp³-hybridized carbons (Fsp3) is 0.800. The number of hydrogen-bond acceptors (Lipinski definition) is 2. The number of hydrogen-bond donors (Lipinski definition) is 2. The van der Waals surface area contributed by atoms with Gasteiger partial charge in [0.1, 0.15) is 16.5 Å². The summed E-state index contributed by atoms with van der Waals surface area (Å²) < 4.78 is 0. The van der Waals surface area contributed by atoms with Gasteiger partial charge in [0, 0.05) is 12.8 Å². The van der Waals surface area contributed by atoms with Crippen LogP contribution < -0.4 is 9.96 Å². The summed E-state index contributed by atoms with van der Waals surface area (Å²) in [5, 5.41) is 0. The lowest BCUT2D eigenvalue weighted by atomic mass is 10.3. The molecular formula is C10H24N2O2Si2. The topological polar surface area (TPSA) is 58.2 Å². The zero-order valence-corrected chi connectivity index (χ0v) is 13.2. The van der Waals surface area contributed by atoms with E-state index in [1.165, 1.54) is 0 Å². The van der Waals surface area contributed by atoms with Crippen LogP contribution in [0.3, 0.4) is 0 Å². The van der Waals surface area contributed by atoms with E-state index in [0.29, 0.717) is 12.8 Å². The predicted octanol–water partition coefficient (Wildman–Crippen LogP) is 1.67. The van der Waals surface area contributed by atoms with Crippen LogP contribution in [0.2, 0.25) is 39.3 Å². The molecule has 0 aliphatic rings. The van der Waals surface area contributed by atoms with Gasteiger partial charge in [0.05, 0.1) is 0 Å². The molecule has 0 spiro atoms. The smallest absolute Gasteiger partial charge is 0.212 e. The van der Waals surface area contributed by atoms with Gasteiger partial charge in [-0.25, -0.2) is 0 Å². The molecule has 0 unspecified atom stereocenters. The molecule has 0 saturated carbocycles. The Morgan fingerprint density at radius 3 is 1.19 bits per heavy atom. The minimum Gasteiger partial charge on any atom is -0.382 e. The molecule has 0 atom stereocenters. The molecule has 6 heteroatoms. The summed E-state index contributed by atoms with van der Waals surface area (Å²) in [6.07, 6.45) is 0.584. The highest BCUT2D eigenvalue weighted by atomic mass is 28.3. The SMILES string of the molecule is C[Si](C)(C)NC(=O)CCC(=O)N[Si](C)(C)C. The fourth-order valence-corrected chi connectivity index (χ4v) is 3.11. The third kappa shape index (κ3) is 9.91. The summed E-state index contributed by atoms with van der Waals surface area (Å²) in [5.41, 5.74) is 0. The van der Waals surface area contributed by atoms with Crippen LogP contribution in [0, 0.1) is 0 Å². The van der Waals surface area contributed by atoms with Crippen LogP contribution >= 0.6 is 0 Å². The zero-order valence-electron chi connectivity index (χ0n) is 11.2. The van der Waals surface area contributed by atoms with Crippen molar-refractivity contribution >= 4 is 28.3 Å². The minimum atomic E-state index is -1.56. The first-order valence-electron chi connectivity index (χ1n) is 5.62. The molecule has 0 heterocycles. The molecule has 0 bridgehead atoms. The Labute approximate surface area is 100 Å². The van der Waals surface area contributed by atoms with Crippen LogP contribution in [-0.4, -0.2) is 28.3 Å². The van der Waals surface area contributed by atoms with E-state index in [0.717, 1.165) is 0 Å². The summed E-state index contributed by atoms with van der Waals surface area (Å²) in [6.45, 7) is 12.4. The lowest BCUT2D eigenvalue weighted by Gasteiger charge is -2.19. The van der Waals surface area contributed by atoms with Gasteiger partial charge in [-0.05, 0) is 0 Å². The van der Waals surface area contributed by atoms with Crippen molar-refractivity contribution < 1.29 is 9.59 Å². The first-order valence-corrected chi connectivity index (χ1v) is 12.6. The van der Waals surface area contributed by atoms with Crippen molar-refractivity contribution in [1.82, 2.24) is 9.96 Å². The van der Waals surface area contributed by atoms with E-state index >= 15 is 0 Å². The highest BCUT2D eigenvalue weighted by Gasteiger charge is 2.19. The second-order valence-electron chi connectivity index (χ2n) is 6.10. The van der Waals surface area contributed by atoms with E-state index in [4.69, 9.17) is 0 Å². The van der Waals surface area contributed by atoms with Crippen LogP contribution in [0.4, 0.5) is 0 Å². The van der Waals surface area contributed by atoms with E-state index in [1.54, 1.807) is 0 Å². The number of nitrogens with one attached hydrogen (secondary N) is 2. The molecule has 2 N–H and O–H groups in total. The first-order chi connectivity index (χ1) is 6.99. The lowest BCUT2D eigenvalue weighted by molar-refractivity contribution is -0.124. The van der Waals surface area contributed by atoms with Gasteiger partial charge in [0.15, 0.2) is 0 Å². The second-order valence-corrected chi connectivity index (χ2v) is 15.6. The second kappa shape index (κ2) is 5.63. The van der Waals surface area contributed by atoms with Crippen molar-refractivity contribution in [2.45, 2.75) is 52.1 Å². The molecule has 4 nitrogen and oxygen atoms in total. The summed E-state index contributed by atoms with van der Waals surface area (Å²) >= 11 is 0. The summed E-state index contributed by atoms with van der Waals surface area (Å²) in [6, 6.07) is 0. The van der Waals surface area contributed by atoms with Gasteiger partial charge in [0.25, 0.3) is 0 Å². The first kappa shape index (κ1) is 15.4. The number of carbonyl (C=O) groups excluding carboxylic acids is 2. The molecule has 0 aliphatic carbocycles. The van der Waals surface area contributed by atoms with Crippen LogP contribution in [0.1, 0.15) is 12.8 Å². The van der Waals surface area contributed by atoms with E-state index in [1.807, 2.05) is 0 Å². The summed E-state index contributed by atoms with van der Waals surface area (Å²) in [4.78, 5) is 28.9. The molecule has 0 aliphatic heterocycles. The summed E-state index contributed by atoms with van der Waals surface area (Å²) in [5.74, 6) is -0.0187. The Kier molecular flexibility index (Phi) is 5.41. The van der Waals surface area contributed by atoms with Gasteiger partial charge in [0.2, 0.25) is 11.8 Å². The quantitative estimate of drug-likeness (QED) is 0.739. The molecule has 0 aromatic rings. The highest BCUT2D eigenvalue weighted by Crippen LogP contribution is 1.99. The van der Waals surface area contributed by atoms with Crippen LogP contribution in [-0.2, 0) is 9.59 Å². The largest absolute Gasteiger partial charge is 0.382 e. The summed E-state index contributed by atoms with van der Waals surface area (Å²) in [7, 11) is -3.12. The van der Waals surface area contributed by atoms with Gasteiger partial charge in [-0.1, -0.05) is 39.3 Å². The Morgan fingerprint density at radius 2 is 1.00 bits per heavy atom. The van der Waals surface area contributed by atoms with E-state index in [-0.39, 0.29) is 11.8 Å². The molecular weight excluding hydrogens is 236 g/mol. The molecule has 0 radical (unpaired) electrons. The fourth-order valence-electron chi connectivity index (χ4n) is 1.19. The third-order valence-corrected chi connectivity index (χ3v) is 3.67.